The molecule has 0 unspecified atom stereocenters. The number of nitrogens with one attached hydrogen (secondary N) is 2. The van der Waals surface area contributed by atoms with Crippen LogP contribution < -0.4 is 5.69 Å². The highest BCUT2D eigenvalue weighted by Gasteiger charge is 2.30. The standard InChI is InChI=1S/C10H16N2O2/c1-10(2)5-7(3-4-14-10)8-6-11-9(13)12-8/h6-7H,3-5H2,1-2H3,(H2,11,12,13)/t7-/m0/s1. The van der Waals surface area contributed by atoms with Gasteiger partial charge in [0, 0.05) is 24.4 Å². The Hall–Kier alpha value is -1.03. The molecular weight excluding hydrogens is 180 g/mol. The Bertz CT molecular complexity index is 364. The number of hydrogen-bond donors (Lipinski definition) is 2. The molecule has 0 amide bonds. The molecule has 1 aromatic rings. The van der Waals surface area contributed by atoms with Crippen molar-refractivity contribution in [2.24, 2.45) is 0 Å². The molecule has 78 valence electrons. The van der Waals surface area contributed by atoms with Gasteiger partial charge in [-0.25, -0.2) is 4.79 Å². The quantitative estimate of drug-likeness (QED) is 0.712. The lowest BCUT2D eigenvalue weighted by Gasteiger charge is -2.34. The predicted molar refractivity (Wildman–Crippen MR) is 53.4 cm³/mol. The lowest BCUT2D eigenvalue weighted by molar-refractivity contribution is -0.0597. The zero-order chi connectivity index (χ0) is 10.2. The molecule has 4 nitrogen and oxygen atoms in total. The van der Waals surface area contributed by atoms with E-state index >= 15 is 0 Å². The van der Waals surface area contributed by atoms with Gasteiger partial charge in [0.05, 0.1) is 5.60 Å². The van der Waals surface area contributed by atoms with E-state index in [0.29, 0.717) is 5.92 Å². The minimum absolute atomic E-state index is 0.0723. The third kappa shape index (κ3) is 1.90. The fourth-order valence-electron chi connectivity index (χ4n) is 2.06. The Kier molecular flexibility index (Phi) is 2.23. The van der Waals surface area contributed by atoms with Gasteiger partial charge in [0.15, 0.2) is 0 Å². The molecule has 0 aliphatic carbocycles. The first-order valence-electron chi connectivity index (χ1n) is 4.98. The Morgan fingerprint density at radius 2 is 2.36 bits per heavy atom. The van der Waals surface area contributed by atoms with E-state index in [1.54, 1.807) is 6.20 Å². The van der Waals surface area contributed by atoms with Gasteiger partial charge in [-0.1, -0.05) is 0 Å². The number of aromatic amines is 2. The van der Waals surface area contributed by atoms with Crippen molar-refractivity contribution >= 4 is 0 Å². The third-order valence-electron chi connectivity index (χ3n) is 2.75. The molecule has 1 aliphatic rings. The summed E-state index contributed by atoms with van der Waals surface area (Å²) in [5.74, 6) is 0.415. The van der Waals surface area contributed by atoms with Crippen LogP contribution in [0.3, 0.4) is 0 Å². The zero-order valence-corrected chi connectivity index (χ0v) is 8.59. The average molecular weight is 196 g/mol. The SMILES string of the molecule is CC1(C)C[C@@H](c2c[nH]c(=O)[nH]2)CCO1. The van der Waals surface area contributed by atoms with Crippen LogP contribution in [0.15, 0.2) is 11.0 Å². The molecule has 1 aliphatic heterocycles. The summed E-state index contributed by atoms with van der Waals surface area (Å²) >= 11 is 0. The average Bonchev–Trinajstić information content (AvgIpc) is 2.50. The van der Waals surface area contributed by atoms with Gasteiger partial charge in [0.25, 0.3) is 0 Å². The second kappa shape index (κ2) is 3.28. The van der Waals surface area contributed by atoms with E-state index in [0.717, 1.165) is 25.1 Å². The van der Waals surface area contributed by atoms with Crippen LogP contribution in [0.1, 0.15) is 38.3 Å². The lowest BCUT2D eigenvalue weighted by atomic mass is 9.86. The molecule has 2 N–H and O–H groups in total. The van der Waals surface area contributed by atoms with Gasteiger partial charge in [0.1, 0.15) is 0 Å². The topological polar surface area (TPSA) is 57.9 Å². The molecule has 2 heterocycles. The molecule has 0 spiro atoms. The summed E-state index contributed by atoms with van der Waals surface area (Å²) in [6.45, 7) is 4.94. The highest BCUT2D eigenvalue weighted by Crippen LogP contribution is 2.33. The van der Waals surface area contributed by atoms with Crippen molar-refractivity contribution in [3.05, 3.63) is 22.4 Å². The lowest BCUT2D eigenvalue weighted by Crippen LogP contribution is -2.33. The molecule has 0 saturated carbocycles. The van der Waals surface area contributed by atoms with Crippen LogP contribution in [0.25, 0.3) is 0 Å². The number of H-pyrrole nitrogens is 2. The Labute approximate surface area is 82.7 Å². The van der Waals surface area contributed by atoms with Crippen LogP contribution in [0.5, 0.6) is 0 Å². The molecule has 1 aromatic heterocycles. The monoisotopic (exact) mass is 196 g/mol. The van der Waals surface area contributed by atoms with E-state index in [1.807, 2.05) is 0 Å². The molecule has 1 saturated heterocycles. The maximum atomic E-state index is 11.0. The van der Waals surface area contributed by atoms with Crippen LogP contribution in [0, 0.1) is 0 Å². The summed E-state index contributed by atoms with van der Waals surface area (Å²) in [6.07, 6.45) is 3.71. The second-order valence-corrected chi connectivity index (χ2v) is 4.50. The van der Waals surface area contributed by atoms with Crippen LogP contribution in [0.4, 0.5) is 0 Å². The van der Waals surface area contributed by atoms with Gasteiger partial charge in [-0.2, -0.15) is 0 Å². The molecule has 1 atom stereocenters. The number of rotatable bonds is 1. The largest absolute Gasteiger partial charge is 0.376 e. The van der Waals surface area contributed by atoms with Gasteiger partial charge < -0.3 is 14.7 Å². The van der Waals surface area contributed by atoms with Crippen molar-refractivity contribution in [3.8, 4) is 0 Å². The Morgan fingerprint density at radius 3 is 2.93 bits per heavy atom. The molecule has 4 heteroatoms. The summed E-state index contributed by atoms with van der Waals surface area (Å²) in [5, 5.41) is 0. The fraction of sp³-hybridized carbons (Fsp3) is 0.700. The molecule has 0 radical (unpaired) electrons. The van der Waals surface area contributed by atoms with E-state index in [9.17, 15) is 4.79 Å². The molecule has 14 heavy (non-hydrogen) atoms. The van der Waals surface area contributed by atoms with Crippen molar-refractivity contribution in [1.82, 2.24) is 9.97 Å². The summed E-state index contributed by atoms with van der Waals surface area (Å²) in [5.41, 5.74) is 0.813. The van der Waals surface area contributed by atoms with E-state index in [2.05, 4.69) is 23.8 Å². The van der Waals surface area contributed by atoms with E-state index < -0.39 is 0 Å². The first kappa shape index (κ1) is 9.52. The van der Waals surface area contributed by atoms with Crippen LogP contribution in [0.2, 0.25) is 0 Å². The van der Waals surface area contributed by atoms with E-state index in [4.69, 9.17) is 4.74 Å². The molecular formula is C10H16N2O2. The maximum absolute atomic E-state index is 11.0. The normalized spacial score (nSPS) is 26.3. The van der Waals surface area contributed by atoms with Crippen molar-refractivity contribution in [2.75, 3.05) is 6.61 Å². The maximum Gasteiger partial charge on any atom is 0.323 e. The van der Waals surface area contributed by atoms with Gasteiger partial charge in [-0.05, 0) is 26.7 Å². The summed E-state index contributed by atoms with van der Waals surface area (Å²) in [7, 11) is 0. The Morgan fingerprint density at radius 1 is 1.57 bits per heavy atom. The molecule has 2 rings (SSSR count). The minimum atomic E-state index is -0.121. The molecule has 0 aromatic carbocycles. The molecule has 1 fully saturated rings. The number of hydrogen-bond acceptors (Lipinski definition) is 2. The predicted octanol–water partition coefficient (Wildman–Crippen LogP) is 1.38. The first-order valence-corrected chi connectivity index (χ1v) is 4.98. The van der Waals surface area contributed by atoms with E-state index in [1.165, 1.54) is 0 Å². The number of aromatic nitrogens is 2. The van der Waals surface area contributed by atoms with E-state index in [-0.39, 0.29) is 11.3 Å². The summed E-state index contributed by atoms with van der Waals surface area (Å²) in [6, 6.07) is 0. The van der Waals surface area contributed by atoms with Crippen molar-refractivity contribution in [1.29, 1.82) is 0 Å². The highest BCUT2D eigenvalue weighted by molar-refractivity contribution is 5.06. The highest BCUT2D eigenvalue weighted by atomic mass is 16.5. The van der Waals surface area contributed by atoms with Crippen molar-refractivity contribution < 1.29 is 4.74 Å². The first-order chi connectivity index (χ1) is 6.57. The van der Waals surface area contributed by atoms with Crippen LogP contribution in [-0.2, 0) is 4.74 Å². The van der Waals surface area contributed by atoms with Crippen molar-refractivity contribution in [3.63, 3.8) is 0 Å². The Balaban J connectivity index is 2.15. The molecule has 0 bridgehead atoms. The summed E-state index contributed by atoms with van der Waals surface area (Å²) < 4.78 is 5.62. The van der Waals surface area contributed by atoms with Gasteiger partial charge >= 0.3 is 5.69 Å². The van der Waals surface area contributed by atoms with Gasteiger partial charge in [0.2, 0.25) is 0 Å². The van der Waals surface area contributed by atoms with Gasteiger partial charge in [-0.3, -0.25) is 0 Å². The smallest absolute Gasteiger partial charge is 0.323 e. The fourth-order valence-corrected chi connectivity index (χ4v) is 2.06. The third-order valence-corrected chi connectivity index (χ3v) is 2.75. The van der Waals surface area contributed by atoms with Crippen LogP contribution in [-0.4, -0.2) is 22.2 Å². The van der Waals surface area contributed by atoms with Crippen molar-refractivity contribution in [2.45, 2.75) is 38.2 Å². The summed E-state index contributed by atoms with van der Waals surface area (Å²) in [4.78, 5) is 16.4. The van der Waals surface area contributed by atoms with Gasteiger partial charge in [-0.15, -0.1) is 0 Å². The van der Waals surface area contributed by atoms with Crippen LogP contribution >= 0.6 is 0 Å². The minimum Gasteiger partial charge on any atom is -0.376 e. The number of imidazole rings is 1. The zero-order valence-electron chi connectivity index (χ0n) is 8.59. The number of ether oxygens (including phenoxy) is 1. The second-order valence-electron chi connectivity index (χ2n) is 4.50.